The molecule has 0 aromatic heterocycles. The number of ketones is 1. The molecule has 3 aliphatic rings. The molecule has 3 heterocycles. The standard InChI is InChI=1S/C16H19NO3/c1-19-14-4-3-11(10-15(14)20-2)9-13-16(18)12-5-7-17(13)8-6-12/h3-4,9-10,12H,5-8H2,1-2H3/b13-9-. The van der Waals surface area contributed by atoms with Crippen molar-refractivity contribution < 1.29 is 14.3 Å². The average molecular weight is 273 g/mol. The number of carbonyl (C=O) groups is 1. The van der Waals surface area contributed by atoms with Gasteiger partial charge in [-0.2, -0.15) is 0 Å². The summed E-state index contributed by atoms with van der Waals surface area (Å²) in [6.07, 6.45) is 3.97. The molecule has 3 fully saturated rings. The average Bonchev–Trinajstić information content (AvgIpc) is 2.51. The number of methoxy groups -OCH3 is 2. The molecule has 3 saturated heterocycles. The zero-order valence-electron chi connectivity index (χ0n) is 11.9. The molecule has 0 spiro atoms. The van der Waals surface area contributed by atoms with Crippen molar-refractivity contribution in [3.05, 3.63) is 29.5 Å². The Labute approximate surface area is 119 Å². The first-order valence-corrected chi connectivity index (χ1v) is 6.96. The third-order valence-corrected chi connectivity index (χ3v) is 4.17. The fraction of sp³-hybridized carbons (Fsp3) is 0.438. The molecule has 0 radical (unpaired) electrons. The Kier molecular flexibility index (Phi) is 3.38. The number of benzene rings is 1. The highest BCUT2D eigenvalue weighted by atomic mass is 16.5. The summed E-state index contributed by atoms with van der Waals surface area (Å²) in [6.45, 7) is 1.99. The predicted molar refractivity (Wildman–Crippen MR) is 76.8 cm³/mol. The maximum Gasteiger partial charge on any atom is 0.182 e. The molecule has 3 aliphatic heterocycles. The molecule has 0 aliphatic carbocycles. The first-order chi connectivity index (χ1) is 9.72. The normalized spacial score (nSPS) is 20.6. The fourth-order valence-corrected chi connectivity index (χ4v) is 3.01. The second-order valence-corrected chi connectivity index (χ2v) is 5.27. The predicted octanol–water partition coefficient (Wildman–Crippen LogP) is 2.34. The van der Waals surface area contributed by atoms with E-state index in [9.17, 15) is 4.79 Å². The molecular weight excluding hydrogens is 254 g/mol. The lowest BCUT2D eigenvalue weighted by Gasteiger charge is -2.41. The van der Waals surface area contributed by atoms with E-state index in [1.807, 2.05) is 24.3 Å². The Morgan fingerprint density at radius 1 is 1.15 bits per heavy atom. The number of ether oxygens (including phenoxy) is 2. The van der Waals surface area contributed by atoms with Gasteiger partial charge in [0, 0.05) is 19.0 Å². The largest absolute Gasteiger partial charge is 0.493 e. The molecule has 4 nitrogen and oxygen atoms in total. The second kappa shape index (κ2) is 5.19. The number of fused-ring (bicyclic) bond motifs is 3. The number of hydrogen-bond donors (Lipinski definition) is 0. The number of hydrogen-bond acceptors (Lipinski definition) is 4. The molecule has 0 saturated carbocycles. The molecule has 0 unspecified atom stereocenters. The third-order valence-electron chi connectivity index (χ3n) is 4.17. The van der Waals surface area contributed by atoms with Gasteiger partial charge in [0.05, 0.1) is 19.9 Å². The molecule has 0 amide bonds. The summed E-state index contributed by atoms with van der Waals surface area (Å²) >= 11 is 0. The summed E-state index contributed by atoms with van der Waals surface area (Å²) in [4.78, 5) is 14.5. The molecule has 2 bridgehead atoms. The highest BCUT2D eigenvalue weighted by Gasteiger charge is 2.36. The van der Waals surface area contributed by atoms with Gasteiger partial charge in [-0.25, -0.2) is 0 Å². The molecule has 106 valence electrons. The van der Waals surface area contributed by atoms with Crippen molar-refractivity contribution in [1.29, 1.82) is 0 Å². The van der Waals surface area contributed by atoms with Crippen molar-refractivity contribution >= 4 is 11.9 Å². The van der Waals surface area contributed by atoms with Crippen LogP contribution in [0.5, 0.6) is 11.5 Å². The molecule has 0 atom stereocenters. The van der Waals surface area contributed by atoms with Crippen molar-refractivity contribution in [3.63, 3.8) is 0 Å². The van der Waals surface area contributed by atoms with Gasteiger partial charge in [0.15, 0.2) is 17.3 Å². The Bertz CT molecular complexity index is 557. The molecule has 1 aromatic rings. The zero-order valence-corrected chi connectivity index (χ0v) is 11.9. The van der Waals surface area contributed by atoms with Crippen molar-refractivity contribution in [2.24, 2.45) is 5.92 Å². The van der Waals surface area contributed by atoms with E-state index in [1.165, 1.54) is 0 Å². The highest BCUT2D eigenvalue weighted by Crippen LogP contribution is 2.34. The number of allylic oxidation sites excluding steroid dienone is 1. The van der Waals surface area contributed by atoms with Crippen LogP contribution in [-0.4, -0.2) is 38.0 Å². The van der Waals surface area contributed by atoms with Crippen LogP contribution in [0.1, 0.15) is 18.4 Å². The first-order valence-electron chi connectivity index (χ1n) is 6.96. The van der Waals surface area contributed by atoms with Gasteiger partial charge in [-0.15, -0.1) is 0 Å². The molecule has 20 heavy (non-hydrogen) atoms. The van der Waals surface area contributed by atoms with E-state index < -0.39 is 0 Å². The first kappa shape index (κ1) is 13.0. The number of carbonyl (C=O) groups excluding carboxylic acids is 1. The van der Waals surface area contributed by atoms with Gasteiger partial charge in [0.1, 0.15) is 0 Å². The minimum atomic E-state index is 0.228. The van der Waals surface area contributed by atoms with Crippen LogP contribution < -0.4 is 9.47 Å². The monoisotopic (exact) mass is 273 g/mol. The van der Waals surface area contributed by atoms with E-state index in [0.29, 0.717) is 11.5 Å². The smallest absolute Gasteiger partial charge is 0.182 e. The molecule has 0 N–H and O–H groups in total. The topological polar surface area (TPSA) is 38.8 Å². The van der Waals surface area contributed by atoms with Gasteiger partial charge in [0.25, 0.3) is 0 Å². The van der Waals surface area contributed by atoms with Crippen LogP contribution in [0.15, 0.2) is 23.9 Å². The van der Waals surface area contributed by atoms with Gasteiger partial charge in [-0.1, -0.05) is 6.07 Å². The minimum Gasteiger partial charge on any atom is -0.493 e. The molecular formula is C16H19NO3. The quantitative estimate of drug-likeness (QED) is 0.792. The van der Waals surface area contributed by atoms with E-state index >= 15 is 0 Å². The van der Waals surface area contributed by atoms with Gasteiger partial charge in [-0.05, 0) is 36.6 Å². The summed E-state index contributed by atoms with van der Waals surface area (Å²) < 4.78 is 10.5. The number of rotatable bonds is 3. The van der Waals surface area contributed by atoms with Gasteiger partial charge in [-0.3, -0.25) is 4.79 Å². The van der Waals surface area contributed by atoms with Gasteiger partial charge >= 0.3 is 0 Å². The lowest BCUT2D eigenvalue weighted by Crippen LogP contribution is -2.45. The van der Waals surface area contributed by atoms with Crippen molar-refractivity contribution in [1.82, 2.24) is 4.90 Å². The summed E-state index contributed by atoms with van der Waals surface area (Å²) in [5.74, 6) is 1.90. The fourth-order valence-electron chi connectivity index (χ4n) is 3.01. The van der Waals surface area contributed by atoms with Crippen molar-refractivity contribution in [2.45, 2.75) is 12.8 Å². The van der Waals surface area contributed by atoms with Crippen LogP contribution >= 0.6 is 0 Å². The van der Waals surface area contributed by atoms with Crippen LogP contribution in [0, 0.1) is 5.92 Å². The molecule has 1 aromatic carbocycles. The number of nitrogens with zero attached hydrogens (tertiary/aromatic N) is 1. The van der Waals surface area contributed by atoms with Crippen LogP contribution in [0.2, 0.25) is 0 Å². The van der Waals surface area contributed by atoms with E-state index in [2.05, 4.69) is 4.90 Å². The van der Waals surface area contributed by atoms with E-state index in [4.69, 9.17) is 9.47 Å². The highest BCUT2D eigenvalue weighted by molar-refractivity contribution is 6.01. The van der Waals surface area contributed by atoms with Crippen LogP contribution in [0.3, 0.4) is 0 Å². The molecule has 4 heteroatoms. The lowest BCUT2D eigenvalue weighted by atomic mass is 9.84. The third kappa shape index (κ3) is 2.15. The lowest BCUT2D eigenvalue weighted by molar-refractivity contribution is -0.125. The summed E-state index contributed by atoms with van der Waals surface area (Å²) in [6, 6.07) is 5.72. The Balaban J connectivity index is 1.93. The Morgan fingerprint density at radius 3 is 2.45 bits per heavy atom. The van der Waals surface area contributed by atoms with E-state index in [0.717, 1.165) is 37.2 Å². The maximum atomic E-state index is 12.3. The van der Waals surface area contributed by atoms with E-state index in [1.54, 1.807) is 14.2 Å². The summed E-state index contributed by atoms with van der Waals surface area (Å²) in [5.41, 5.74) is 1.82. The second-order valence-electron chi connectivity index (χ2n) is 5.27. The number of piperidine rings is 3. The maximum absolute atomic E-state index is 12.3. The van der Waals surface area contributed by atoms with Crippen LogP contribution in [-0.2, 0) is 4.79 Å². The zero-order chi connectivity index (χ0) is 14.1. The van der Waals surface area contributed by atoms with Gasteiger partial charge < -0.3 is 14.4 Å². The van der Waals surface area contributed by atoms with E-state index in [-0.39, 0.29) is 11.7 Å². The Hall–Kier alpha value is -1.97. The van der Waals surface area contributed by atoms with Crippen molar-refractivity contribution in [2.75, 3.05) is 27.3 Å². The summed E-state index contributed by atoms with van der Waals surface area (Å²) in [7, 11) is 3.23. The number of Topliss-reactive ketones (excluding diaryl/α,β-unsaturated/α-hetero) is 1. The summed E-state index contributed by atoms with van der Waals surface area (Å²) in [5, 5.41) is 0. The van der Waals surface area contributed by atoms with Crippen LogP contribution in [0.25, 0.3) is 6.08 Å². The van der Waals surface area contributed by atoms with Crippen LogP contribution in [0.4, 0.5) is 0 Å². The Morgan fingerprint density at radius 2 is 1.85 bits per heavy atom. The molecule has 4 rings (SSSR count). The van der Waals surface area contributed by atoms with Gasteiger partial charge in [0.2, 0.25) is 0 Å². The van der Waals surface area contributed by atoms with Crippen molar-refractivity contribution in [3.8, 4) is 11.5 Å². The minimum absolute atomic E-state index is 0.228. The SMILES string of the molecule is COc1ccc(/C=C2/C(=O)C3CCN2CC3)cc1OC.